The van der Waals surface area contributed by atoms with E-state index < -0.39 is 27.2 Å². The van der Waals surface area contributed by atoms with E-state index in [1.807, 2.05) is 6.07 Å². The number of aromatic nitrogens is 1. The Balaban J connectivity index is 2.16. The Hall–Kier alpha value is -3.23. The van der Waals surface area contributed by atoms with Gasteiger partial charge in [0.1, 0.15) is 4.75 Å². The first-order valence-corrected chi connectivity index (χ1v) is 11.5. The molecule has 2 aromatic carbocycles. The highest BCUT2D eigenvalue weighted by molar-refractivity contribution is 7.90. The molecule has 3 rings (SSSR count). The van der Waals surface area contributed by atoms with E-state index in [1.54, 1.807) is 79.2 Å². The quantitative estimate of drug-likeness (QED) is 0.416. The molecule has 1 aromatic heterocycles. The molecule has 1 unspecified atom stereocenters. The van der Waals surface area contributed by atoms with Gasteiger partial charge < -0.3 is 9.30 Å². The number of primary sulfonamides is 1. The van der Waals surface area contributed by atoms with Crippen LogP contribution in [0.1, 0.15) is 39.3 Å². The van der Waals surface area contributed by atoms with Crippen molar-refractivity contribution in [1.82, 2.24) is 4.57 Å². The molecule has 0 aliphatic carbocycles. The molecule has 32 heavy (non-hydrogen) atoms. The van der Waals surface area contributed by atoms with Crippen LogP contribution in [0.25, 0.3) is 0 Å². The minimum Gasteiger partial charge on any atom is -0.469 e. The second kappa shape index (κ2) is 9.10. The number of ketones is 1. The molecule has 0 spiro atoms. The number of rotatable bonds is 8. The smallest absolute Gasteiger partial charge is 0.307 e. The summed E-state index contributed by atoms with van der Waals surface area (Å²) in [6.07, 6.45) is -0.567. The van der Waals surface area contributed by atoms with E-state index in [4.69, 9.17) is 9.88 Å². The average molecular weight is 455 g/mol. The SMILES string of the molecule is COC(=O)CC(Cc1cc(C)c(C(=O)c2ccccc2)n1C)(c1ccccc1)S(N)(=O)=O. The second-order valence-corrected chi connectivity index (χ2v) is 9.63. The maximum Gasteiger partial charge on any atom is 0.307 e. The summed E-state index contributed by atoms with van der Waals surface area (Å²) in [4.78, 5) is 25.4. The molecule has 0 aliphatic heterocycles. The number of hydrogen-bond acceptors (Lipinski definition) is 5. The number of ether oxygens (including phenoxy) is 1. The number of esters is 1. The fraction of sp³-hybridized carbons (Fsp3) is 0.250. The number of sulfonamides is 1. The zero-order chi connectivity index (χ0) is 23.5. The Labute approximate surface area is 187 Å². The summed E-state index contributed by atoms with van der Waals surface area (Å²) in [6, 6.07) is 19.0. The van der Waals surface area contributed by atoms with Crippen LogP contribution < -0.4 is 5.14 Å². The molecule has 0 fully saturated rings. The molecule has 0 bridgehead atoms. The minimum absolute atomic E-state index is 0.107. The topological polar surface area (TPSA) is 108 Å². The molecule has 3 aromatic rings. The first-order chi connectivity index (χ1) is 15.1. The number of carbonyl (C=O) groups excluding carboxylic acids is 2. The molecule has 2 N–H and O–H groups in total. The van der Waals surface area contributed by atoms with Crippen molar-refractivity contribution >= 4 is 21.8 Å². The van der Waals surface area contributed by atoms with Gasteiger partial charge in [-0.25, -0.2) is 13.6 Å². The molecule has 0 saturated heterocycles. The summed E-state index contributed by atoms with van der Waals surface area (Å²) >= 11 is 0. The summed E-state index contributed by atoms with van der Waals surface area (Å²) < 4.78 is 30.6. The van der Waals surface area contributed by atoms with Crippen molar-refractivity contribution in [3.63, 3.8) is 0 Å². The Bertz CT molecular complexity index is 1230. The summed E-state index contributed by atoms with van der Waals surface area (Å²) in [5, 5.41) is 5.73. The lowest BCUT2D eigenvalue weighted by atomic mass is 9.89. The Morgan fingerprint density at radius 2 is 1.59 bits per heavy atom. The number of aryl methyl sites for hydroxylation is 1. The minimum atomic E-state index is -4.27. The molecule has 8 heteroatoms. The van der Waals surface area contributed by atoms with Crippen molar-refractivity contribution in [3.8, 4) is 0 Å². The first kappa shape index (κ1) is 23.4. The zero-order valence-corrected chi connectivity index (χ0v) is 19.1. The summed E-state index contributed by atoms with van der Waals surface area (Å²) in [6.45, 7) is 1.79. The zero-order valence-electron chi connectivity index (χ0n) is 18.2. The number of nitrogens with two attached hydrogens (primary N) is 1. The lowest BCUT2D eigenvalue weighted by Crippen LogP contribution is -2.45. The molecular formula is C24H26N2O5S. The van der Waals surface area contributed by atoms with Crippen molar-refractivity contribution < 1.29 is 22.7 Å². The highest BCUT2D eigenvalue weighted by Crippen LogP contribution is 2.37. The Morgan fingerprint density at radius 3 is 2.12 bits per heavy atom. The van der Waals surface area contributed by atoms with Crippen LogP contribution in [0.4, 0.5) is 0 Å². The van der Waals surface area contributed by atoms with Gasteiger partial charge in [-0.3, -0.25) is 9.59 Å². The van der Waals surface area contributed by atoms with E-state index in [2.05, 4.69) is 0 Å². The van der Waals surface area contributed by atoms with Crippen LogP contribution in [0, 0.1) is 6.92 Å². The third-order valence-electron chi connectivity index (χ3n) is 5.74. The van der Waals surface area contributed by atoms with E-state index in [0.717, 1.165) is 0 Å². The molecule has 7 nitrogen and oxygen atoms in total. The molecule has 1 heterocycles. The monoisotopic (exact) mass is 454 g/mol. The maximum absolute atomic E-state index is 13.1. The molecule has 168 valence electrons. The number of nitrogens with zero attached hydrogens (tertiary/aromatic N) is 1. The van der Waals surface area contributed by atoms with Crippen molar-refractivity contribution in [2.45, 2.75) is 24.5 Å². The summed E-state index contributed by atoms with van der Waals surface area (Å²) in [7, 11) is -1.37. The van der Waals surface area contributed by atoms with E-state index in [9.17, 15) is 18.0 Å². The number of benzene rings is 2. The predicted molar refractivity (Wildman–Crippen MR) is 122 cm³/mol. The lowest BCUT2D eigenvalue weighted by Gasteiger charge is -2.31. The standard InChI is InChI=1S/C24H26N2O5S/c1-17-14-20(26(2)22(17)23(28)18-10-6-4-7-11-18)15-24(32(25,29)30,16-21(27)31-3)19-12-8-5-9-13-19/h4-14H,15-16H2,1-3H3,(H2,25,29,30). The third kappa shape index (κ3) is 4.37. The maximum atomic E-state index is 13.1. The van der Waals surface area contributed by atoms with Gasteiger partial charge >= 0.3 is 5.97 Å². The van der Waals surface area contributed by atoms with E-state index in [0.29, 0.717) is 28.1 Å². The highest BCUT2D eigenvalue weighted by atomic mass is 32.2. The first-order valence-electron chi connectivity index (χ1n) is 10.0. The van der Waals surface area contributed by atoms with E-state index in [-0.39, 0.29) is 12.2 Å². The van der Waals surface area contributed by atoms with Crippen molar-refractivity contribution in [3.05, 3.63) is 94.8 Å². The lowest BCUT2D eigenvalue weighted by molar-refractivity contribution is -0.141. The molecule has 0 amide bonds. The normalized spacial score (nSPS) is 13.4. The number of hydrogen-bond donors (Lipinski definition) is 1. The third-order valence-corrected chi connectivity index (χ3v) is 7.36. The van der Waals surface area contributed by atoms with Crippen molar-refractivity contribution in [2.24, 2.45) is 12.2 Å². The van der Waals surface area contributed by atoms with Crippen LogP contribution in [0.2, 0.25) is 0 Å². The van der Waals surface area contributed by atoms with Crippen LogP contribution in [0.15, 0.2) is 66.7 Å². The van der Waals surface area contributed by atoms with Crippen LogP contribution >= 0.6 is 0 Å². The highest BCUT2D eigenvalue weighted by Gasteiger charge is 2.46. The van der Waals surface area contributed by atoms with Crippen molar-refractivity contribution in [1.29, 1.82) is 0 Å². The van der Waals surface area contributed by atoms with Gasteiger partial charge in [0.05, 0.1) is 19.2 Å². The van der Waals surface area contributed by atoms with Crippen LogP contribution in [-0.4, -0.2) is 31.8 Å². The molecule has 0 radical (unpaired) electrons. The number of carbonyl (C=O) groups is 2. The van der Waals surface area contributed by atoms with Gasteiger partial charge in [0, 0.05) is 24.7 Å². The van der Waals surface area contributed by atoms with Gasteiger partial charge in [-0.15, -0.1) is 0 Å². The largest absolute Gasteiger partial charge is 0.469 e. The average Bonchev–Trinajstić information content (AvgIpc) is 3.05. The van der Waals surface area contributed by atoms with Crippen LogP contribution in [0.3, 0.4) is 0 Å². The Morgan fingerprint density at radius 1 is 1.03 bits per heavy atom. The van der Waals surface area contributed by atoms with Gasteiger partial charge in [0.25, 0.3) is 0 Å². The summed E-state index contributed by atoms with van der Waals surface area (Å²) in [5.74, 6) is -0.875. The van der Waals surface area contributed by atoms with Gasteiger partial charge in [0.15, 0.2) is 0 Å². The van der Waals surface area contributed by atoms with Gasteiger partial charge in [0.2, 0.25) is 15.8 Å². The molecular weight excluding hydrogens is 428 g/mol. The second-order valence-electron chi connectivity index (χ2n) is 7.76. The molecule has 0 saturated carbocycles. The van der Waals surface area contributed by atoms with Crippen LogP contribution in [0.5, 0.6) is 0 Å². The van der Waals surface area contributed by atoms with E-state index in [1.165, 1.54) is 7.11 Å². The molecule has 1 atom stereocenters. The van der Waals surface area contributed by atoms with E-state index >= 15 is 0 Å². The fourth-order valence-corrected chi connectivity index (χ4v) is 5.16. The fourth-order valence-electron chi connectivity index (χ4n) is 4.02. The molecule has 0 aliphatic rings. The summed E-state index contributed by atoms with van der Waals surface area (Å²) in [5.41, 5.74) is 2.61. The van der Waals surface area contributed by atoms with Crippen LogP contribution in [-0.2, 0) is 37.8 Å². The predicted octanol–water partition coefficient (Wildman–Crippen LogP) is 2.85. The van der Waals surface area contributed by atoms with Crippen molar-refractivity contribution in [2.75, 3.05) is 7.11 Å². The van der Waals surface area contributed by atoms with Gasteiger partial charge in [-0.2, -0.15) is 0 Å². The van der Waals surface area contributed by atoms with Gasteiger partial charge in [-0.05, 0) is 24.1 Å². The Kier molecular flexibility index (Phi) is 6.66. The number of methoxy groups -OCH3 is 1. The van der Waals surface area contributed by atoms with Gasteiger partial charge in [-0.1, -0.05) is 60.7 Å².